The summed E-state index contributed by atoms with van der Waals surface area (Å²) < 4.78 is 26.9. The van der Waals surface area contributed by atoms with E-state index in [2.05, 4.69) is 17.4 Å². The summed E-state index contributed by atoms with van der Waals surface area (Å²) in [4.78, 5) is 12.9. The first-order chi connectivity index (χ1) is 14.9. The van der Waals surface area contributed by atoms with Crippen LogP contribution in [0.15, 0.2) is 77.7 Å². The number of hydrogen-bond acceptors (Lipinski definition) is 3. The lowest BCUT2D eigenvalue weighted by Gasteiger charge is -2.26. The van der Waals surface area contributed by atoms with Gasteiger partial charge in [0, 0.05) is 17.6 Å². The van der Waals surface area contributed by atoms with Gasteiger partial charge in [-0.2, -0.15) is 0 Å². The molecular formula is C24H23ClN2O3S. The van der Waals surface area contributed by atoms with Gasteiger partial charge in [0.2, 0.25) is 0 Å². The van der Waals surface area contributed by atoms with Crippen LogP contribution in [0.5, 0.6) is 0 Å². The Morgan fingerprint density at radius 2 is 1.68 bits per heavy atom. The van der Waals surface area contributed by atoms with E-state index in [9.17, 15) is 13.2 Å². The largest absolute Gasteiger partial charge is 0.345 e. The number of anilines is 1. The third-order valence-corrected chi connectivity index (χ3v) is 7.69. The first kappa shape index (κ1) is 21.4. The second kappa shape index (κ2) is 8.73. The molecule has 1 aliphatic carbocycles. The van der Waals surface area contributed by atoms with Gasteiger partial charge in [0.25, 0.3) is 15.9 Å². The molecule has 1 atom stereocenters. The van der Waals surface area contributed by atoms with Gasteiger partial charge in [-0.25, -0.2) is 8.42 Å². The summed E-state index contributed by atoms with van der Waals surface area (Å²) in [6.07, 6.45) is 2.98. The fourth-order valence-corrected chi connectivity index (χ4v) is 5.19. The SMILES string of the molecule is CN(c1ccc(C(=O)N[C@H]2CCCc3ccccc32)cc1)S(=O)(=O)c1ccc(Cl)cc1. The summed E-state index contributed by atoms with van der Waals surface area (Å²) in [7, 11) is -2.24. The molecule has 4 rings (SSSR count). The molecule has 160 valence electrons. The molecule has 0 saturated heterocycles. The Bertz CT molecular complexity index is 1190. The van der Waals surface area contributed by atoms with Crippen LogP contribution in [-0.4, -0.2) is 21.4 Å². The van der Waals surface area contributed by atoms with Crippen molar-refractivity contribution in [3.63, 3.8) is 0 Å². The van der Waals surface area contributed by atoms with E-state index < -0.39 is 10.0 Å². The zero-order valence-corrected chi connectivity index (χ0v) is 18.7. The Hall–Kier alpha value is -2.83. The van der Waals surface area contributed by atoms with Crippen molar-refractivity contribution in [3.8, 4) is 0 Å². The molecule has 0 fully saturated rings. The monoisotopic (exact) mass is 454 g/mol. The number of sulfonamides is 1. The average Bonchev–Trinajstić information content (AvgIpc) is 2.79. The lowest BCUT2D eigenvalue weighted by molar-refractivity contribution is 0.0933. The van der Waals surface area contributed by atoms with Crippen LogP contribution in [0.25, 0.3) is 0 Å². The van der Waals surface area contributed by atoms with E-state index in [1.165, 1.54) is 34.6 Å². The van der Waals surface area contributed by atoms with E-state index in [1.54, 1.807) is 36.4 Å². The number of hydrogen-bond donors (Lipinski definition) is 1. The van der Waals surface area contributed by atoms with Crippen LogP contribution in [0.4, 0.5) is 5.69 Å². The van der Waals surface area contributed by atoms with Crippen molar-refractivity contribution in [1.29, 1.82) is 0 Å². The lowest BCUT2D eigenvalue weighted by atomic mass is 9.87. The lowest BCUT2D eigenvalue weighted by Crippen LogP contribution is -2.31. The number of aryl methyl sites for hydroxylation is 1. The zero-order chi connectivity index (χ0) is 22.0. The molecule has 1 aliphatic rings. The minimum Gasteiger partial charge on any atom is -0.345 e. The first-order valence-corrected chi connectivity index (χ1v) is 11.9. The van der Waals surface area contributed by atoms with E-state index in [4.69, 9.17) is 11.6 Å². The molecule has 1 amide bonds. The number of carbonyl (C=O) groups excluding carboxylic acids is 1. The van der Waals surface area contributed by atoms with Crippen molar-refractivity contribution in [3.05, 3.63) is 94.5 Å². The highest BCUT2D eigenvalue weighted by molar-refractivity contribution is 7.92. The fraction of sp³-hybridized carbons (Fsp3) is 0.208. The Balaban J connectivity index is 1.49. The van der Waals surface area contributed by atoms with Gasteiger partial charge < -0.3 is 5.32 Å². The van der Waals surface area contributed by atoms with Crippen LogP contribution in [0.1, 0.15) is 40.4 Å². The number of fused-ring (bicyclic) bond motifs is 1. The van der Waals surface area contributed by atoms with E-state index in [0.29, 0.717) is 16.3 Å². The number of carbonyl (C=O) groups is 1. The van der Waals surface area contributed by atoms with Gasteiger partial charge in [-0.3, -0.25) is 9.10 Å². The molecule has 5 nitrogen and oxygen atoms in total. The van der Waals surface area contributed by atoms with E-state index in [0.717, 1.165) is 19.3 Å². The average molecular weight is 455 g/mol. The second-order valence-electron chi connectivity index (χ2n) is 7.59. The quantitative estimate of drug-likeness (QED) is 0.591. The normalized spacial score (nSPS) is 15.7. The molecule has 0 aromatic heterocycles. The van der Waals surface area contributed by atoms with Gasteiger partial charge in [0.1, 0.15) is 0 Å². The molecule has 7 heteroatoms. The molecule has 0 bridgehead atoms. The van der Waals surface area contributed by atoms with Gasteiger partial charge in [0.15, 0.2) is 0 Å². The highest BCUT2D eigenvalue weighted by atomic mass is 35.5. The number of rotatable bonds is 5. The molecule has 0 heterocycles. The Morgan fingerprint density at radius 3 is 2.39 bits per heavy atom. The fourth-order valence-electron chi connectivity index (χ4n) is 3.87. The standard InChI is InChI=1S/C24H23ClN2O3S/c1-27(31(29,30)21-15-11-19(25)12-16-21)20-13-9-18(10-14-20)24(28)26-23-8-4-6-17-5-2-3-7-22(17)23/h2-3,5,7,9-16,23H,4,6,8H2,1H3,(H,26,28)/t23-/m0/s1. The number of nitrogens with zero attached hydrogens (tertiary/aromatic N) is 1. The van der Waals surface area contributed by atoms with Crippen LogP contribution in [0, 0.1) is 0 Å². The van der Waals surface area contributed by atoms with Gasteiger partial charge in [-0.05, 0) is 78.9 Å². The molecule has 1 N–H and O–H groups in total. The van der Waals surface area contributed by atoms with E-state index in [-0.39, 0.29) is 16.8 Å². The molecule has 3 aromatic rings. The Morgan fingerprint density at radius 1 is 1.00 bits per heavy atom. The first-order valence-electron chi connectivity index (χ1n) is 10.1. The maximum absolute atomic E-state index is 12.8. The highest BCUT2D eigenvalue weighted by Gasteiger charge is 2.23. The number of benzene rings is 3. The molecule has 3 aromatic carbocycles. The predicted molar refractivity (Wildman–Crippen MR) is 123 cm³/mol. The van der Waals surface area contributed by atoms with Crippen LogP contribution < -0.4 is 9.62 Å². The van der Waals surface area contributed by atoms with Crippen molar-refractivity contribution < 1.29 is 13.2 Å². The molecular weight excluding hydrogens is 432 g/mol. The summed E-state index contributed by atoms with van der Waals surface area (Å²) in [5, 5.41) is 3.59. The Labute approximate surface area is 187 Å². The summed E-state index contributed by atoms with van der Waals surface area (Å²) in [6.45, 7) is 0. The third kappa shape index (κ3) is 4.45. The summed E-state index contributed by atoms with van der Waals surface area (Å²) in [6, 6.07) is 20.8. The minimum absolute atomic E-state index is 0.00918. The predicted octanol–water partition coefficient (Wildman–Crippen LogP) is 4.97. The van der Waals surface area contributed by atoms with Crippen molar-refractivity contribution in [2.24, 2.45) is 0 Å². The summed E-state index contributed by atoms with van der Waals surface area (Å²) in [5.41, 5.74) is 3.41. The van der Waals surface area contributed by atoms with Crippen LogP contribution >= 0.6 is 11.6 Å². The highest BCUT2D eigenvalue weighted by Crippen LogP contribution is 2.30. The number of halogens is 1. The van der Waals surface area contributed by atoms with Crippen molar-refractivity contribution in [2.45, 2.75) is 30.2 Å². The van der Waals surface area contributed by atoms with Gasteiger partial charge >= 0.3 is 0 Å². The van der Waals surface area contributed by atoms with Crippen LogP contribution in [-0.2, 0) is 16.4 Å². The molecule has 0 radical (unpaired) electrons. The van der Waals surface area contributed by atoms with E-state index >= 15 is 0 Å². The summed E-state index contributed by atoms with van der Waals surface area (Å²) in [5.74, 6) is -0.170. The molecule has 0 spiro atoms. The number of amides is 1. The summed E-state index contributed by atoms with van der Waals surface area (Å²) >= 11 is 5.86. The van der Waals surface area contributed by atoms with Crippen molar-refractivity contribution in [1.82, 2.24) is 5.32 Å². The van der Waals surface area contributed by atoms with Crippen LogP contribution in [0.3, 0.4) is 0 Å². The van der Waals surface area contributed by atoms with E-state index in [1.807, 2.05) is 12.1 Å². The minimum atomic E-state index is -3.72. The second-order valence-corrected chi connectivity index (χ2v) is 10.00. The number of nitrogens with one attached hydrogen (secondary N) is 1. The van der Waals surface area contributed by atoms with Crippen molar-refractivity contribution in [2.75, 3.05) is 11.4 Å². The maximum Gasteiger partial charge on any atom is 0.264 e. The molecule has 31 heavy (non-hydrogen) atoms. The van der Waals surface area contributed by atoms with Gasteiger partial charge in [-0.1, -0.05) is 35.9 Å². The van der Waals surface area contributed by atoms with Crippen LogP contribution in [0.2, 0.25) is 5.02 Å². The maximum atomic E-state index is 12.8. The smallest absolute Gasteiger partial charge is 0.264 e. The molecule has 0 saturated carbocycles. The Kier molecular flexibility index (Phi) is 6.03. The van der Waals surface area contributed by atoms with Gasteiger partial charge in [0.05, 0.1) is 16.6 Å². The van der Waals surface area contributed by atoms with Crippen molar-refractivity contribution >= 4 is 33.2 Å². The van der Waals surface area contributed by atoms with Gasteiger partial charge in [-0.15, -0.1) is 0 Å². The molecule has 0 unspecified atom stereocenters. The zero-order valence-electron chi connectivity index (χ0n) is 17.1. The third-order valence-electron chi connectivity index (χ3n) is 5.64. The molecule has 0 aliphatic heterocycles. The topological polar surface area (TPSA) is 66.5 Å².